The van der Waals surface area contributed by atoms with E-state index in [4.69, 9.17) is 0 Å². The second-order valence-electron chi connectivity index (χ2n) is 6.11. The summed E-state index contributed by atoms with van der Waals surface area (Å²) in [6.45, 7) is -0.127. The molecule has 0 radical (unpaired) electrons. The highest BCUT2D eigenvalue weighted by Crippen LogP contribution is 2.25. The number of nitrogens with one attached hydrogen (secondary N) is 1. The molecule has 0 saturated heterocycles. The fraction of sp³-hybridized carbons (Fsp3) is 0.556. The maximum atomic E-state index is 12.1. The van der Waals surface area contributed by atoms with Gasteiger partial charge in [0.15, 0.2) is 0 Å². The number of hydrogen-bond acceptors (Lipinski definition) is 3. The summed E-state index contributed by atoms with van der Waals surface area (Å²) >= 11 is 0. The lowest BCUT2D eigenvalue weighted by Gasteiger charge is -2.21. The van der Waals surface area contributed by atoms with Crippen LogP contribution in [0, 0.1) is 5.92 Å². The molecule has 0 bridgehead atoms. The minimum Gasteiger partial charge on any atom is -0.394 e. The Labute approximate surface area is 131 Å². The number of amides is 1. The normalized spacial score (nSPS) is 17.0. The van der Waals surface area contributed by atoms with E-state index in [1.807, 2.05) is 30.3 Å². The van der Waals surface area contributed by atoms with Crippen molar-refractivity contribution in [1.82, 2.24) is 5.32 Å². The van der Waals surface area contributed by atoms with Crippen LogP contribution in [0.1, 0.15) is 44.1 Å². The van der Waals surface area contributed by atoms with Gasteiger partial charge in [0.25, 0.3) is 0 Å². The van der Waals surface area contributed by atoms with Gasteiger partial charge in [0.2, 0.25) is 5.91 Å². The van der Waals surface area contributed by atoms with E-state index >= 15 is 0 Å². The van der Waals surface area contributed by atoms with Crippen molar-refractivity contribution in [2.24, 2.45) is 5.92 Å². The van der Waals surface area contributed by atoms with Crippen LogP contribution in [0.25, 0.3) is 0 Å². The van der Waals surface area contributed by atoms with E-state index in [9.17, 15) is 14.7 Å². The molecule has 22 heavy (non-hydrogen) atoms. The number of benzene rings is 1. The molecule has 1 amide bonds. The van der Waals surface area contributed by atoms with Crippen LogP contribution in [-0.2, 0) is 16.0 Å². The molecule has 2 rings (SSSR count). The first-order chi connectivity index (χ1) is 10.7. The molecule has 1 fully saturated rings. The van der Waals surface area contributed by atoms with Gasteiger partial charge in [0.05, 0.1) is 19.1 Å². The van der Waals surface area contributed by atoms with Crippen LogP contribution >= 0.6 is 0 Å². The standard InChI is InChI=1S/C18H25NO3/c20-13-16(11-14-7-3-1-4-8-14)19-18(22)12-17(21)15-9-5-2-6-10-15/h1,3-4,7-8,15-16,20H,2,5-6,9-13H2,(H,19,22)/t16-/m1/s1. The third-order valence-electron chi connectivity index (χ3n) is 4.31. The summed E-state index contributed by atoms with van der Waals surface area (Å²) in [5.74, 6) is -0.166. The van der Waals surface area contributed by atoms with Gasteiger partial charge in [-0.25, -0.2) is 0 Å². The fourth-order valence-electron chi connectivity index (χ4n) is 3.07. The van der Waals surface area contributed by atoms with Gasteiger partial charge in [-0.2, -0.15) is 0 Å². The molecule has 1 aliphatic rings. The van der Waals surface area contributed by atoms with Crippen molar-refractivity contribution < 1.29 is 14.7 Å². The lowest BCUT2D eigenvalue weighted by molar-refractivity contribution is -0.131. The summed E-state index contributed by atoms with van der Waals surface area (Å²) in [7, 11) is 0. The maximum Gasteiger partial charge on any atom is 0.227 e. The zero-order valence-corrected chi connectivity index (χ0v) is 13.0. The first-order valence-electron chi connectivity index (χ1n) is 8.16. The minimum absolute atomic E-state index is 0.0496. The lowest BCUT2D eigenvalue weighted by atomic mass is 9.85. The van der Waals surface area contributed by atoms with E-state index < -0.39 is 0 Å². The number of carbonyl (C=O) groups excluding carboxylic acids is 2. The van der Waals surface area contributed by atoms with Crippen LogP contribution in [0.2, 0.25) is 0 Å². The van der Waals surface area contributed by atoms with Crippen LogP contribution in [0.3, 0.4) is 0 Å². The second kappa shape index (κ2) is 8.69. The van der Waals surface area contributed by atoms with Crippen molar-refractivity contribution in [3.05, 3.63) is 35.9 Å². The van der Waals surface area contributed by atoms with Crippen molar-refractivity contribution in [2.75, 3.05) is 6.61 Å². The highest BCUT2D eigenvalue weighted by Gasteiger charge is 2.23. The maximum absolute atomic E-state index is 12.1. The Bertz CT molecular complexity index is 480. The van der Waals surface area contributed by atoms with Crippen molar-refractivity contribution in [3.8, 4) is 0 Å². The summed E-state index contributed by atoms with van der Waals surface area (Å²) in [6.07, 6.45) is 5.71. The number of Topliss-reactive ketones (excluding diaryl/α,β-unsaturated/α-hetero) is 1. The Kier molecular flexibility index (Phi) is 6.59. The molecular weight excluding hydrogens is 278 g/mol. The third-order valence-corrected chi connectivity index (χ3v) is 4.31. The summed E-state index contributed by atoms with van der Waals surface area (Å²) in [5.41, 5.74) is 1.06. The highest BCUT2D eigenvalue weighted by molar-refractivity contribution is 5.99. The van der Waals surface area contributed by atoms with Gasteiger partial charge in [-0.15, -0.1) is 0 Å². The highest BCUT2D eigenvalue weighted by atomic mass is 16.3. The van der Waals surface area contributed by atoms with Gasteiger partial charge >= 0.3 is 0 Å². The summed E-state index contributed by atoms with van der Waals surface area (Å²) in [6, 6.07) is 9.37. The molecule has 0 unspecified atom stereocenters. The second-order valence-corrected chi connectivity index (χ2v) is 6.11. The molecule has 1 aromatic rings. The lowest BCUT2D eigenvalue weighted by Crippen LogP contribution is -2.40. The van der Waals surface area contributed by atoms with Gasteiger partial charge in [0, 0.05) is 5.92 Å². The zero-order chi connectivity index (χ0) is 15.8. The minimum atomic E-state index is -0.339. The first kappa shape index (κ1) is 16.7. The molecular formula is C18H25NO3. The number of rotatable bonds is 7. The Morgan fingerprint density at radius 1 is 1.14 bits per heavy atom. The Morgan fingerprint density at radius 3 is 2.45 bits per heavy atom. The number of ketones is 1. The molecule has 1 aromatic carbocycles. The summed E-state index contributed by atoms with van der Waals surface area (Å²) < 4.78 is 0. The van der Waals surface area contributed by atoms with E-state index in [1.54, 1.807) is 0 Å². The van der Waals surface area contributed by atoms with Gasteiger partial charge in [0.1, 0.15) is 5.78 Å². The average Bonchev–Trinajstić information content (AvgIpc) is 2.56. The van der Waals surface area contributed by atoms with Gasteiger partial charge in [-0.3, -0.25) is 9.59 Å². The van der Waals surface area contributed by atoms with Crippen molar-refractivity contribution >= 4 is 11.7 Å². The molecule has 1 saturated carbocycles. The van der Waals surface area contributed by atoms with Crippen LogP contribution in [0.15, 0.2) is 30.3 Å². The van der Waals surface area contributed by atoms with Crippen LogP contribution in [-0.4, -0.2) is 29.4 Å². The third kappa shape index (κ3) is 5.26. The van der Waals surface area contributed by atoms with Crippen molar-refractivity contribution in [1.29, 1.82) is 0 Å². The largest absolute Gasteiger partial charge is 0.394 e. The Hall–Kier alpha value is -1.68. The molecule has 1 aliphatic carbocycles. The van der Waals surface area contributed by atoms with E-state index in [2.05, 4.69) is 5.32 Å². The van der Waals surface area contributed by atoms with Crippen molar-refractivity contribution in [2.45, 2.75) is 51.0 Å². The molecule has 4 nitrogen and oxygen atoms in total. The molecule has 120 valence electrons. The summed E-state index contributed by atoms with van der Waals surface area (Å²) in [4.78, 5) is 24.1. The molecule has 0 aromatic heterocycles. The molecule has 0 aliphatic heterocycles. The fourth-order valence-corrected chi connectivity index (χ4v) is 3.07. The van der Waals surface area contributed by atoms with Crippen LogP contribution < -0.4 is 5.32 Å². The Morgan fingerprint density at radius 2 is 1.82 bits per heavy atom. The molecule has 1 atom stereocenters. The van der Waals surface area contributed by atoms with Gasteiger partial charge in [-0.05, 0) is 24.8 Å². The quantitative estimate of drug-likeness (QED) is 0.759. The van der Waals surface area contributed by atoms with E-state index in [-0.39, 0.29) is 36.7 Å². The SMILES string of the molecule is O=C(CC(=O)C1CCCCC1)N[C@@H](CO)Cc1ccccc1. The van der Waals surface area contributed by atoms with E-state index in [1.165, 1.54) is 6.42 Å². The molecule has 2 N–H and O–H groups in total. The number of aliphatic hydroxyl groups excluding tert-OH is 1. The molecule has 4 heteroatoms. The predicted octanol–water partition coefficient (Wildman–Crippen LogP) is 2.25. The summed E-state index contributed by atoms with van der Waals surface area (Å²) in [5, 5.41) is 12.2. The smallest absolute Gasteiger partial charge is 0.227 e. The van der Waals surface area contributed by atoms with Gasteiger partial charge in [-0.1, -0.05) is 49.6 Å². The van der Waals surface area contributed by atoms with E-state index in [0.717, 1.165) is 31.2 Å². The number of aliphatic hydroxyl groups is 1. The number of hydrogen-bond donors (Lipinski definition) is 2. The molecule has 0 heterocycles. The van der Waals surface area contributed by atoms with E-state index in [0.29, 0.717) is 6.42 Å². The van der Waals surface area contributed by atoms with Crippen LogP contribution in [0.4, 0.5) is 0 Å². The monoisotopic (exact) mass is 303 g/mol. The predicted molar refractivity (Wildman–Crippen MR) is 85.4 cm³/mol. The van der Waals surface area contributed by atoms with Crippen LogP contribution in [0.5, 0.6) is 0 Å². The molecule has 0 spiro atoms. The van der Waals surface area contributed by atoms with Gasteiger partial charge < -0.3 is 10.4 Å². The number of carbonyl (C=O) groups is 2. The zero-order valence-electron chi connectivity index (χ0n) is 13.0. The van der Waals surface area contributed by atoms with Crippen molar-refractivity contribution in [3.63, 3.8) is 0 Å². The first-order valence-corrected chi connectivity index (χ1v) is 8.16. The Balaban J connectivity index is 1.80. The average molecular weight is 303 g/mol. The topological polar surface area (TPSA) is 66.4 Å².